The van der Waals surface area contributed by atoms with Crippen molar-refractivity contribution in [1.82, 2.24) is 21.1 Å². The van der Waals surface area contributed by atoms with Crippen LogP contribution in [0.15, 0.2) is 6.07 Å². The Bertz CT molecular complexity index is 778. The van der Waals surface area contributed by atoms with Gasteiger partial charge in [-0.05, 0) is 57.6 Å². The van der Waals surface area contributed by atoms with Gasteiger partial charge in [-0.25, -0.2) is 4.79 Å². The van der Waals surface area contributed by atoms with Crippen LogP contribution in [0.2, 0.25) is 0 Å². The second-order valence-electron chi connectivity index (χ2n) is 7.74. The molecule has 1 aromatic rings. The van der Waals surface area contributed by atoms with Gasteiger partial charge in [0.05, 0.1) is 4.88 Å². The van der Waals surface area contributed by atoms with Gasteiger partial charge in [-0.15, -0.1) is 11.3 Å². The number of nitrogens with zero attached hydrogens (tertiary/aromatic N) is 1. The molecular weight excluding hydrogens is 380 g/mol. The summed E-state index contributed by atoms with van der Waals surface area (Å²) >= 11 is 1.49. The number of amides is 5. The second kappa shape index (κ2) is 8.30. The lowest BCUT2D eigenvalue weighted by molar-refractivity contribution is -0.130. The van der Waals surface area contributed by atoms with E-state index in [-0.39, 0.29) is 30.7 Å². The largest absolute Gasteiger partial charge is 0.325 e. The Morgan fingerprint density at radius 3 is 2.64 bits per heavy atom. The third-order valence-electron chi connectivity index (χ3n) is 5.02. The lowest BCUT2D eigenvalue weighted by Crippen LogP contribution is -2.42. The van der Waals surface area contributed by atoms with E-state index in [2.05, 4.69) is 16.2 Å². The average molecular weight is 407 g/mol. The van der Waals surface area contributed by atoms with Crippen LogP contribution in [0.3, 0.4) is 0 Å². The molecular formula is C19H26N4O4S. The van der Waals surface area contributed by atoms with Gasteiger partial charge in [-0.1, -0.05) is 6.42 Å². The van der Waals surface area contributed by atoms with Crippen LogP contribution in [0.25, 0.3) is 0 Å². The van der Waals surface area contributed by atoms with Crippen LogP contribution in [0.1, 0.15) is 66.1 Å². The Morgan fingerprint density at radius 1 is 1.18 bits per heavy atom. The first kappa shape index (κ1) is 20.3. The first-order valence-corrected chi connectivity index (χ1v) is 10.4. The summed E-state index contributed by atoms with van der Waals surface area (Å²) in [7, 11) is 0. The lowest BCUT2D eigenvalue weighted by atomic mass is 10.1. The van der Waals surface area contributed by atoms with E-state index >= 15 is 0 Å². The summed E-state index contributed by atoms with van der Waals surface area (Å²) in [5.74, 6) is -0.983. The number of carbonyl (C=O) groups excluding carboxylic acids is 4. The Hall–Kier alpha value is -2.42. The third-order valence-corrected chi connectivity index (χ3v) is 6.25. The number of hydrogen-bond acceptors (Lipinski definition) is 5. The molecule has 8 nitrogen and oxygen atoms in total. The first-order chi connectivity index (χ1) is 13.3. The van der Waals surface area contributed by atoms with Crippen molar-refractivity contribution in [3.63, 3.8) is 0 Å². The van der Waals surface area contributed by atoms with E-state index in [1.165, 1.54) is 28.2 Å². The smallest absolute Gasteiger partial charge is 0.324 e. The Morgan fingerprint density at radius 2 is 1.93 bits per heavy atom. The molecule has 0 atom stereocenters. The predicted octanol–water partition coefficient (Wildman–Crippen LogP) is 1.89. The first-order valence-electron chi connectivity index (χ1n) is 9.63. The molecule has 0 saturated carbocycles. The highest BCUT2D eigenvalue weighted by Crippen LogP contribution is 2.28. The van der Waals surface area contributed by atoms with E-state index in [9.17, 15) is 19.2 Å². The van der Waals surface area contributed by atoms with Crippen LogP contribution >= 0.6 is 11.3 Å². The monoisotopic (exact) mass is 406 g/mol. The van der Waals surface area contributed by atoms with Crippen LogP contribution in [0, 0.1) is 0 Å². The second-order valence-corrected chi connectivity index (χ2v) is 8.87. The molecule has 152 valence electrons. The zero-order valence-corrected chi connectivity index (χ0v) is 17.0. The van der Waals surface area contributed by atoms with Gasteiger partial charge >= 0.3 is 6.03 Å². The quantitative estimate of drug-likeness (QED) is 0.394. The van der Waals surface area contributed by atoms with Crippen molar-refractivity contribution in [3.05, 3.63) is 21.4 Å². The number of rotatable bonds is 5. The maximum absolute atomic E-state index is 12.3. The predicted molar refractivity (Wildman–Crippen MR) is 105 cm³/mol. The summed E-state index contributed by atoms with van der Waals surface area (Å²) in [5.41, 5.74) is 5.18. The average Bonchev–Trinajstić information content (AvgIpc) is 3.03. The third kappa shape index (κ3) is 4.52. The van der Waals surface area contributed by atoms with Gasteiger partial charge in [0.2, 0.25) is 5.91 Å². The minimum Gasteiger partial charge on any atom is -0.324 e. The molecule has 1 aliphatic carbocycles. The Labute approximate surface area is 168 Å². The van der Waals surface area contributed by atoms with Crippen molar-refractivity contribution in [1.29, 1.82) is 0 Å². The van der Waals surface area contributed by atoms with Crippen molar-refractivity contribution >= 4 is 35.1 Å². The zero-order valence-electron chi connectivity index (χ0n) is 16.2. The molecule has 1 aliphatic heterocycles. The number of urea groups is 1. The van der Waals surface area contributed by atoms with Crippen LogP contribution in [-0.2, 0) is 22.4 Å². The topological polar surface area (TPSA) is 108 Å². The number of hydrazine groups is 1. The van der Waals surface area contributed by atoms with Gasteiger partial charge in [0.25, 0.3) is 11.8 Å². The van der Waals surface area contributed by atoms with E-state index in [4.69, 9.17) is 0 Å². The maximum Gasteiger partial charge on any atom is 0.325 e. The number of aryl methyl sites for hydroxylation is 2. The number of fused-ring (bicyclic) bond motifs is 1. The molecule has 1 saturated heterocycles. The molecule has 0 aromatic carbocycles. The highest BCUT2D eigenvalue weighted by Gasteiger charge is 2.43. The van der Waals surface area contributed by atoms with Crippen molar-refractivity contribution < 1.29 is 19.2 Å². The number of thiophene rings is 1. The van der Waals surface area contributed by atoms with Gasteiger partial charge in [-0.3, -0.25) is 30.1 Å². The standard InChI is InChI=1S/C19H26N4O4S/c1-19(2)17(26)23(18(27)20-19)10-6-9-15(24)21-22-16(25)14-11-12-7-4-3-5-8-13(12)28-14/h11H,3-10H2,1-2H3,(H,20,27)(H,21,24)(H,22,25). The molecule has 1 fully saturated rings. The molecule has 2 heterocycles. The van der Waals surface area contributed by atoms with Crippen molar-refractivity contribution in [2.24, 2.45) is 0 Å². The van der Waals surface area contributed by atoms with E-state index < -0.39 is 11.6 Å². The van der Waals surface area contributed by atoms with Gasteiger partial charge in [0, 0.05) is 17.8 Å². The molecule has 28 heavy (non-hydrogen) atoms. The molecule has 9 heteroatoms. The minimum atomic E-state index is -0.911. The summed E-state index contributed by atoms with van der Waals surface area (Å²) < 4.78 is 0. The number of nitrogens with one attached hydrogen (secondary N) is 3. The maximum atomic E-state index is 12.3. The minimum absolute atomic E-state index is 0.0959. The van der Waals surface area contributed by atoms with Crippen molar-refractivity contribution in [2.45, 2.75) is 64.3 Å². The summed E-state index contributed by atoms with van der Waals surface area (Å²) in [6, 6.07) is 1.48. The van der Waals surface area contributed by atoms with Crippen LogP contribution < -0.4 is 16.2 Å². The zero-order chi connectivity index (χ0) is 20.3. The SMILES string of the molecule is CC1(C)NC(=O)N(CCCC(=O)NNC(=O)c2cc3c(s2)CCCCC3)C1=O. The molecule has 1 aromatic heterocycles. The molecule has 0 spiro atoms. The van der Waals surface area contributed by atoms with Crippen molar-refractivity contribution in [3.8, 4) is 0 Å². The van der Waals surface area contributed by atoms with Crippen molar-refractivity contribution in [2.75, 3.05) is 6.54 Å². The summed E-state index contributed by atoms with van der Waals surface area (Å²) in [5, 5.41) is 2.59. The molecule has 3 N–H and O–H groups in total. The summed E-state index contributed by atoms with van der Waals surface area (Å²) in [6.45, 7) is 3.44. The number of carbonyl (C=O) groups is 4. The molecule has 2 aliphatic rings. The van der Waals surface area contributed by atoms with Gasteiger partial charge < -0.3 is 5.32 Å². The fraction of sp³-hybridized carbons (Fsp3) is 0.579. The summed E-state index contributed by atoms with van der Waals surface area (Å²) in [6.07, 6.45) is 5.96. The molecule has 0 unspecified atom stereocenters. The van der Waals surface area contributed by atoms with E-state index in [1.807, 2.05) is 6.07 Å². The Kier molecular flexibility index (Phi) is 6.02. The molecule has 0 bridgehead atoms. The van der Waals surface area contributed by atoms with Gasteiger partial charge in [0.1, 0.15) is 5.54 Å². The van der Waals surface area contributed by atoms with E-state index in [1.54, 1.807) is 13.8 Å². The normalized spacial score (nSPS) is 18.3. The fourth-order valence-corrected chi connectivity index (χ4v) is 4.60. The highest BCUT2D eigenvalue weighted by atomic mass is 32.1. The van der Waals surface area contributed by atoms with E-state index in [0.29, 0.717) is 11.3 Å². The van der Waals surface area contributed by atoms with Crippen LogP contribution in [0.4, 0.5) is 4.79 Å². The fourth-order valence-electron chi connectivity index (χ4n) is 3.45. The Balaban J connectivity index is 1.41. The highest BCUT2D eigenvalue weighted by molar-refractivity contribution is 7.14. The number of imide groups is 1. The number of hydrogen-bond donors (Lipinski definition) is 3. The summed E-state index contributed by atoms with van der Waals surface area (Å²) in [4.78, 5) is 51.1. The van der Waals surface area contributed by atoms with Crippen LogP contribution in [0.5, 0.6) is 0 Å². The van der Waals surface area contributed by atoms with Crippen LogP contribution in [-0.4, -0.2) is 40.7 Å². The lowest BCUT2D eigenvalue weighted by Gasteiger charge is -2.15. The van der Waals surface area contributed by atoms with Gasteiger partial charge in [0.15, 0.2) is 0 Å². The van der Waals surface area contributed by atoms with E-state index in [0.717, 1.165) is 30.6 Å². The van der Waals surface area contributed by atoms with Gasteiger partial charge in [-0.2, -0.15) is 0 Å². The molecule has 5 amide bonds. The molecule has 0 radical (unpaired) electrons. The molecule has 3 rings (SSSR count).